The second-order valence-electron chi connectivity index (χ2n) is 10.5. The lowest BCUT2D eigenvalue weighted by molar-refractivity contribution is 1.18. The van der Waals surface area contributed by atoms with Gasteiger partial charge in [-0.15, -0.1) is 0 Å². The lowest BCUT2D eigenvalue weighted by Crippen LogP contribution is -1.95. The lowest BCUT2D eigenvalue weighted by Gasteiger charge is -2.11. The molecule has 0 spiro atoms. The van der Waals surface area contributed by atoms with E-state index < -0.39 is 0 Å². The summed E-state index contributed by atoms with van der Waals surface area (Å²) in [6, 6.07) is 50.3. The summed E-state index contributed by atoms with van der Waals surface area (Å²) in [5.41, 5.74) is 10.2. The summed E-state index contributed by atoms with van der Waals surface area (Å²) >= 11 is 0. The van der Waals surface area contributed by atoms with Gasteiger partial charge in [0.15, 0.2) is 0 Å². The SMILES string of the molecule is N#Cc1ccc2c(c1)c1ccccc1n2-c1ccc(-c2ccc(-n3c4ccccc4c4cc(C#N)ccc43)cc2)cc1. The highest BCUT2D eigenvalue weighted by molar-refractivity contribution is 6.10. The molecule has 8 rings (SSSR count). The highest BCUT2D eigenvalue weighted by Crippen LogP contribution is 2.35. The van der Waals surface area contributed by atoms with E-state index >= 15 is 0 Å². The molecule has 0 aliphatic rings. The van der Waals surface area contributed by atoms with Crippen LogP contribution in [0.4, 0.5) is 0 Å². The van der Waals surface area contributed by atoms with Gasteiger partial charge in [-0.1, -0.05) is 60.7 Å². The van der Waals surface area contributed by atoms with Gasteiger partial charge in [-0.2, -0.15) is 10.5 Å². The third-order valence-corrected chi connectivity index (χ3v) is 8.19. The highest BCUT2D eigenvalue weighted by Gasteiger charge is 2.14. The first kappa shape index (κ1) is 23.8. The molecule has 0 amide bonds. The molecule has 42 heavy (non-hydrogen) atoms. The summed E-state index contributed by atoms with van der Waals surface area (Å²) in [7, 11) is 0. The van der Waals surface area contributed by atoms with Crippen LogP contribution < -0.4 is 0 Å². The van der Waals surface area contributed by atoms with Crippen LogP contribution in [0, 0.1) is 22.7 Å². The van der Waals surface area contributed by atoms with Crippen LogP contribution in [0.25, 0.3) is 66.1 Å². The third kappa shape index (κ3) is 3.53. The minimum absolute atomic E-state index is 0.664. The van der Waals surface area contributed by atoms with Crippen molar-refractivity contribution in [2.75, 3.05) is 0 Å². The third-order valence-electron chi connectivity index (χ3n) is 8.19. The van der Waals surface area contributed by atoms with Crippen LogP contribution >= 0.6 is 0 Å². The number of nitrogens with zero attached hydrogens (tertiary/aromatic N) is 4. The molecular formula is C38H22N4. The van der Waals surface area contributed by atoms with Crippen LogP contribution in [0.15, 0.2) is 133 Å². The zero-order valence-electron chi connectivity index (χ0n) is 22.5. The molecule has 6 aromatic carbocycles. The number of hydrogen-bond donors (Lipinski definition) is 0. The van der Waals surface area contributed by atoms with Crippen LogP contribution in [0.5, 0.6) is 0 Å². The molecule has 0 atom stereocenters. The number of aromatic nitrogens is 2. The molecule has 0 saturated heterocycles. The van der Waals surface area contributed by atoms with E-state index in [-0.39, 0.29) is 0 Å². The van der Waals surface area contributed by atoms with Gasteiger partial charge < -0.3 is 9.13 Å². The van der Waals surface area contributed by atoms with E-state index in [2.05, 4.69) is 106 Å². The average Bonchev–Trinajstić information content (AvgIpc) is 3.57. The second-order valence-corrected chi connectivity index (χ2v) is 10.5. The quantitative estimate of drug-likeness (QED) is 0.227. The Morgan fingerprint density at radius 2 is 0.762 bits per heavy atom. The van der Waals surface area contributed by atoms with Crippen LogP contribution in [0.2, 0.25) is 0 Å². The van der Waals surface area contributed by atoms with Gasteiger partial charge in [0, 0.05) is 32.9 Å². The summed E-state index contributed by atoms with van der Waals surface area (Å²) in [5, 5.41) is 23.3. The van der Waals surface area contributed by atoms with E-state index in [0.717, 1.165) is 66.1 Å². The minimum atomic E-state index is 0.664. The Morgan fingerprint density at radius 1 is 0.381 bits per heavy atom. The molecule has 0 fully saturated rings. The Hall–Kier alpha value is -6.10. The second kappa shape index (κ2) is 9.24. The van der Waals surface area contributed by atoms with E-state index in [1.165, 1.54) is 0 Å². The molecule has 4 heteroatoms. The van der Waals surface area contributed by atoms with Crippen molar-refractivity contribution in [2.45, 2.75) is 0 Å². The molecule has 0 radical (unpaired) electrons. The van der Waals surface area contributed by atoms with Crippen molar-refractivity contribution in [1.82, 2.24) is 9.13 Å². The highest BCUT2D eigenvalue weighted by atomic mass is 15.0. The van der Waals surface area contributed by atoms with Crippen LogP contribution in [-0.2, 0) is 0 Å². The van der Waals surface area contributed by atoms with Gasteiger partial charge >= 0.3 is 0 Å². The summed E-state index contributed by atoms with van der Waals surface area (Å²) in [6.45, 7) is 0. The average molecular weight is 535 g/mol. The molecule has 0 bridgehead atoms. The Bertz CT molecular complexity index is 2240. The summed E-state index contributed by atoms with van der Waals surface area (Å²) in [6.07, 6.45) is 0. The number of benzene rings is 6. The number of hydrogen-bond acceptors (Lipinski definition) is 2. The number of para-hydroxylation sites is 2. The zero-order chi connectivity index (χ0) is 28.2. The maximum atomic E-state index is 9.45. The van der Waals surface area contributed by atoms with Gasteiger partial charge in [-0.05, 0) is 83.9 Å². The molecule has 4 nitrogen and oxygen atoms in total. The van der Waals surface area contributed by atoms with Crippen molar-refractivity contribution < 1.29 is 0 Å². The molecule has 0 N–H and O–H groups in total. The molecule has 8 aromatic rings. The van der Waals surface area contributed by atoms with E-state index in [9.17, 15) is 10.5 Å². The van der Waals surface area contributed by atoms with Gasteiger partial charge in [-0.25, -0.2) is 0 Å². The molecule has 0 aliphatic carbocycles. The van der Waals surface area contributed by atoms with Gasteiger partial charge in [0.05, 0.1) is 45.3 Å². The summed E-state index contributed by atoms with van der Waals surface area (Å²) < 4.78 is 4.53. The molecule has 0 unspecified atom stereocenters. The first-order valence-corrected chi connectivity index (χ1v) is 13.8. The number of nitriles is 2. The van der Waals surface area contributed by atoms with E-state index in [1.807, 2.05) is 48.5 Å². The maximum absolute atomic E-state index is 9.45. The first-order valence-electron chi connectivity index (χ1n) is 13.8. The standard InChI is InChI=1S/C38H22N4/c39-23-25-9-19-37-33(21-25)31-5-1-3-7-35(31)41(37)29-15-11-27(12-16-29)28-13-17-30(18-14-28)42-36-8-4-2-6-32(36)34-22-26(24-40)10-20-38(34)42/h1-22H. The van der Waals surface area contributed by atoms with Gasteiger partial charge in [0.25, 0.3) is 0 Å². The van der Waals surface area contributed by atoms with E-state index in [0.29, 0.717) is 11.1 Å². The normalized spacial score (nSPS) is 11.3. The Balaban J connectivity index is 1.19. The zero-order valence-corrected chi connectivity index (χ0v) is 22.5. The number of rotatable bonds is 3. The summed E-state index contributed by atoms with van der Waals surface area (Å²) in [5.74, 6) is 0. The minimum Gasteiger partial charge on any atom is -0.309 e. The monoisotopic (exact) mass is 534 g/mol. The van der Waals surface area contributed by atoms with Gasteiger partial charge in [0.2, 0.25) is 0 Å². The molecular weight excluding hydrogens is 512 g/mol. The Morgan fingerprint density at radius 3 is 1.17 bits per heavy atom. The van der Waals surface area contributed by atoms with Crippen LogP contribution in [0.3, 0.4) is 0 Å². The van der Waals surface area contributed by atoms with Crippen molar-refractivity contribution >= 4 is 43.6 Å². The smallest absolute Gasteiger partial charge is 0.0991 e. The molecule has 2 heterocycles. The van der Waals surface area contributed by atoms with Crippen molar-refractivity contribution in [2.24, 2.45) is 0 Å². The van der Waals surface area contributed by atoms with Crippen molar-refractivity contribution in [3.63, 3.8) is 0 Å². The van der Waals surface area contributed by atoms with E-state index in [1.54, 1.807) is 0 Å². The molecule has 194 valence electrons. The molecule has 0 aliphatic heterocycles. The van der Waals surface area contributed by atoms with E-state index in [4.69, 9.17) is 0 Å². The predicted octanol–water partition coefficient (Wildman–Crippen LogP) is 9.29. The fourth-order valence-corrected chi connectivity index (χ4v) is 6.25. The fraction of sp³-hybridized carbons (Fsp3) is 0. The van der Waals surface area contributed by atoms with Crippen molar-refractivity contribution in [3.8, 4) is 34.6 Å². The van der Waals surface area contributed by atoms with Crippen molar-refractivity contribution in [3.05, 3.63) is 145 Å². The molecule has 2 aromatic heterocycles. The van der Waals surface area contributed by atoms with Gasteiger partial charge in [0.1, 0.15) is 0 Å². The van der Waals surface area contributed by atoms with Crippen molar-refractivity contribution in [1.29, 1.82) is 10.5 Å². The Labute approximate surface area is 242 Å². The van der Waals surface area contributed by atoms with Crippen LogP contribution in [0.1, 0.15) is 11.1 Å². The predicted molar refractivity (Wildman–Crippen MR) is 170 cm³/mol. The first-order chi connectivity index (χ1) is 20.7. The topological polar surface area (TPSA) is 57.4 Å². The van der Waals surface area contributed by atoms with Crippen LogP contribution in [-0.4, -0.2) is 9.13 Å². The lowest BCUT2D eigenvalue weighted by atomic mass is 10.0. The Kier molecular flexibility index (Phi) is 5.22. The maximum Gasteiger partial charge on any atom is 0.0991 e. The number of fused-ring (bicyclic) bond motifs is 6. The molecule has 0 saturated carbocycles. The summed E-state index contributed by atoms with van der Waals surface area (Å²) in [4.78, 5) is 0. The van der Waals surface area contributed by atoms with Gasteiger partial charge in [-0.3, -0.25) is 0 Å². The largest absolute Gasteiger partial charge is 0.309 e. The fourth-order valence-electron chi connectivity index (χ4n) is 6.25.